The third kappa shape index (κ3) is 2.67. The standard InChI is InChI=1S/C10H14BrNO2S2/c1-7-2-3-8(6-7)12-16(13,14)10-9(11)4-5-15-10/h4-5,7-8,12H,2-3,6H2,1H3. The van der Waals surface area contributed by atoms with Crippen molar-refractivity contribution in [2.75, 3.05) is 0 Å². The van der Waals surface area contributed by atoms with Gasteiger partial charge in [-0.05, 0) is 52.6 Å². The minimum absolute atomic E-state index is 0.106. The quantitative estimate of drug-likeness (QED) is 0.929. The average Bonchev–Trinajstić information content (AvgIpc) is 2.74. The molecule has 1 fully saturated rings. The number of sulfonamides is 1. The summed E-state index contributed by atoms with van der Waals surface area (Å²) in [6.45, 7) is 2.16. The average molecular weight is 324 g/mol. The first-order chi connectivity index (χ1) is 7.49. The number of rotatable bonds is 3. The smallest absolute Gasteiger partial charge is 0.207 e. The van der Waals surface area contributed by atoms with E-state index in [4.69, 9.17) is 0 Å². The summed E-state index contributed by atoms with van der Waals surface area (Å²) in [4.78, 5) is 0. The molecule has 0 radical (unpaired) electrons. The molecule has 0 aromatic carbocycles. The van der Waals surface area contributed by atoms with Gasteiger partial charge in [0.05, 0.1) is 0 Å². The van der Waals surface area contributed by atoms with Gasteiger partial charge in [0.2, 0.25) is 0 Å². The summed E-state index contributed by atoms with van der Waals surface area (Å²) in [6, 6.07) is 1.87. The Balaban J connectivity index is 2.12. The van der Waals surface area contributed by atoms with Crippen LogP contribution >= 0.6 is 27.3 Å². The highest BCUT2D eigenvalue weighted by Crippen LogP contribution is 2.30. The molecule has 1 aromatic rings. The molecule has 2 unspecified atom stereocenters. The Morgan fingerprint density at radius 1 is 1.50 bits per heavy atom. The summed E-state index contributed by atoms with van der Waals surface area (Å²) >= 11 is 4.50. The van der Waals surface area contributed by atoms with E-state index in [0.717, 1.165) is 19.3 Å². The molecule has 0 spiro atoms. The summed E-state index contributed by atoms with van der Waals surface area (Å²) in [6.07, 6.45) is 3.00. The van der Waals surface area contributed by atoms with Crippen molar-refractivity contribution < 1.29 is 8.42 Å². The van der Waals surface area contributed by atoms with Gasteiger partial charge in [-0.2, -0.15) is 0 Å². The summed E-state index contributed by atoms with van der Waals surface area (Å²) in [5.74, 6) is 0.625. The topological polar surface area (TPSA) is 46.2 Å². The highest BCUT2D eigenvalue weighted by molar-refractivity contribution is 9.10. The Morgan fingerprint density at radius 3 is 2.75 bits per heavy atom. The second-order valence-corrected chi connectivity index (χ2v) is 7.97. The van der Waals surface area contributed by atoms with Gasteiger partial charge in [0.1, 0.15) is 4.21 Å². The molecule has 0 saturated heterocycles. The molecule has 1 aliphatic rings. The van der Waals surface area contributed by atoms with Crippen molar-refractivity contribution in [3.63, 3.8) is 0 Å². The molecule has 2 atom stereocenters. The van der Waals surface area contributed by atoms with Crippen molar-refractivity contribution in [3.8, 4) is 0 Å². The van der Waals surface area contributed by atoms with Crippen LogP contribution in [0.3, 0.4) is 0 Å². The number of hydrogen-bond acceptors (Lipinski definition) is 3. The largest absolute Gasteiger partial charge is 0.251 e. The lowest BCUT2D eigenvalue weighted by atomic mass is 10.1. The van der Waals surface area contributed by atoms with Crippen LogP contribution in [0.15, 0.2) is 20.1 Å². The van der Waals surface area contributed by atoms with E-state index in [9.17, 15) is 8.42 Å². The van der Waals surface area contributed by atoms with Gasteiger partial charge in [-0.3, -0.25) is 0 Å². The lowest BCUT2D eigenvalue weighted by molar-refractivity contribution is 0.539. The number of hydrogen-bond donors (Lipinski definition) is 1. The Hall–Kier alpha value is 0.0900. The van der Waals surface area contributed by atoms with Crippen molar-refractivity contribution in [1.82, 2.24) is 4.72 Å². The van der Waals surface area contributed by atoms with E-state index in [1.807, 2.05) is 0 Å². The summed E-state index contributed by atoms with van der Waals surface area (Å²) < 4.78 is 27.9. The van der Waals surface area contributed by atoms with Gasteiger partial charge in [0, 0.05) is 10.5 Å². The third-order valence-electron chi connectivity index (χ3n) is 2.85. The maximum absolute atomic E-state index is 12.0. The zero-order chi connectivity index (χ0) is 11.8. The second kappa shape index (κ2) is 4.76. The fraction of sp³-hybridized carbons (Fsp3) is 0.600. The zero-order valence-electron chi connectivity index (χ0n) is 8.94. The van der Waals surface area contributed by atoms with Crippen LogP contribution in [-0.2, 0) is 10.0 Å². The van der Waals surface area contributed by atoms with Crippen LogP contribution in [0.25, 0.3) is 0 Å². The van der Waals surface area contributed by atoms with Gasteiger partial charge in [0.25, 0.3) is 10.0 Å². The van der Waals surface area contributed by atoms with E-state index < -0.39 is 10.0 Å². The van der Waals surface area contributed by atoms with Gasteiger partial charge < -0.3 is 0 Å². The van der Waals surface area contributed by atoms with Crippen LogP contribution in [0, 0.1) is 5.92 Å². The van der Waals surface area contributed by atoms with E-state index in [0.29, 0.717) is 14.6 Å². The molecule has 1 aromatic heterocycles. The van der Waals surface area contributed by atoms with Crippen molar-refractivity contribution in [2.45, 2.75) is 36.4 Å². The Kier molecular flexibility index (Phi) is 3.73. The van der Waals surface area contributed by atoms with Gasteiger partial charge in [-0.25, -0.2) is 13.1 Å². The molecule has 1 aliphatic carbocycles. The van der Waals surface area contributed by atoms with Crippen LogP contribution in [0.4, 0.5) is 0 Å². The molecule has 0 aliphatic heterocycles. The zero-order valence-corrected chi connectivity index (χ0v) is 12.2. The number of nitrogens with one attached hydrogen (secondary N) is 1. The van der Waals surface area contributed by atoms with Crippen molar-refractivity contribution in [2.24, 2.45) is 5.92 Å². The van der Waals surface area contributed by atoms with Crippen LogP contribution in [0.5, 0.6) is 0 Å². The van der Waals surface area contributed by atoms with Crippen LogP contribution in [0.2, 0.25) is 0 Å². The minimum Gasteiger partial charge on any atom is -0.207 e. The number of halogens is 1. The number of thiophene rings is 1. The molecular formula is C10H14BrNO2S2. The fourth-order valence-corrected chi connectivity index (χ4v) is 5.70. The van der Waals surface area contributed by atoms with E-state index in [-0.39, 0.29) is 6.04 Å². The predicted octanol–water partition coefficient (Wildman–Crippen LogP) is 2.98. The van der Waals surface area contributed by atoms with Gasteiger partial charge in [0.15, 0.2) is 0 Å². The highest BCUT2D eigenvalue weighted by Gasteiger charge is 2.28. The maximum Gasteiger partial charge on any atom is 0.251 e. The van der Waals surface area contributed by atoms with Crippen LogP contribution in [-0.4, -0.2) is 14.5 Å². The van der Waals surface area contributed by atoms with E-state index in [1.54, 1.807) is 11.4 Å². The Morgan fingerprint density at radius 2 is 2.25 bits per heavy atom. The monoisotopic (exact) mass is 323 g/mol. The molecule has 6 heteroatoms. The molecule has 3 nitrogen and oxygen atoms in total. The summed E-state index contributed by atoms with van der Waals surface area (Å²) in [5, 5.41) is 1.77. The molecule has 16 heavy (non-hydrogen) atoms. The van der Waals surface area contributed by atoms with E-state index in [2.05, 4.69) is 27.6 Å². The SMILES string of the molecule is CC1CCC(NS(=O)(=O)c2sccc2Br)C1. The predicted molar refractivity (Wildman–Crippen MR) is 69.1 cm³/mol. The van der Waals surface area contributed by atoms with Crippen molar-refractivity contribution in [1.29, 1.82) is 0 Å². The van der Waals surface area contributed by atoms with Gasteiger partial charge in [-0.15, -0.1) is 11.3 Å². The van der Waals surface area contributed by atoms with Crippen LogP contribution in [0.1, 0.15) is 26.2 Å². The van der Waals surface area contributed by atoms with Crippen molar-refractivity contribution in [3.05, 3.63) is 15.9 Å². The molecule has 0 amide bonds. The summed E-state index contributed by atoms with van der Waals surface area (Å²) in [5.41, 5.74) is 0. The summed E-state index contributed by atoms with van der Waals surface area (Å²) in [7, 11) is -3.33. The third-order valence-corrected chi connectivity index (χ3v) is 7.04. The van der Waals surface area contributed by atoms with Gasteiger partial charge >= 0.3 is 0 Å². The molecule has 0 bridgehead atoms. The van der Waals surface area contributed by atoms with Crippen molar-refractivity contribution >= 4 is 37.3 Å². The molecule has 1 N–H and O–H groups in total. The lowest BCUT2D eigenvalue weighted by Gasteiger charge is -2.12. The maximum atomic E-state index is 12.0. The Labute approximate surface area is 108 Å². The van der Waals surface area contributed by atoms with E-state index in [1.165, 1.54) is 11.3 Å². The fourth-order valence-electron chi connectivity index (χ4n) is 2.06. The lowest BCUT2D eigenvalue weighted by Crippen LogP contribution is -2.32. The highest BCUT2D eigenvalue weighted by atomic mass is 79.9. The Bertz CT molecular complexity index is 469. The second-order valence-electron chi connectivity index (χ2n) is 4.29. The first-order valence-electron chi connectivity index (χ1n) is 5.24. The van der Waals surface area contributed by atoms with Gasteiger partial charge in [-0.1, -0.05) is 6.92 Å². The first kappa shape index (κ1) is 12.5. The van der Waals surface area contributed by atoms with E-state index >= 15 is 0 Å². The molecule has 1 saturated carbocycles. The molecule has 1 heterocycles. The molecule has 90 valence electrons. The minimum atomic E-state index is -3.33. The molecule has 2 rings (SSSR count). The normalized spacial score (nSPS) is 26.1. The van der Waals surface area contributed by atoms with Crippen LogP contribution < -0.4 is 4.72 Å². The molecular weight excluding hydrogens is 310 g/mol. The first-order valence-corrected chi connectivity index (χ1v) is 8.40.